The number of aromatic nitrogens is 2. The highest BCUT2D eigenvalue weighted by Crippen LogP contribution is 2.08. The molecule has 5 heteroatoms. The van der Waals surface area contributed by atoms with Crippen LogP contribution in [0, 0.1) is 0 Å². The predicted molar refractivity (Wildman–Crippen MR) is 78.7 cm³/mol. The lowest BCUT2D eigenvalue weighted by Crippen LogP contribution is -2.29. The largest absolute Gasteiger partial charge is 0.351 e. The molecule has 1 aliphatic rings. The Kier molecular flexibility index (Phi) is 5.47. The van der Waals surface area contributed by atoms with Gasteiger partial charge in [-0.05, 0) is 45.0 Å². The number of nitrogens with zero attached hydrogens (tertiary/aromatic N) is 3. The molecule has 0 saturated carbocycles. The summed E-state index contributed by atoms with van der Waals surface area (Å²) in [6, 6.07) is 1.67. The van der Waals surface area contributed by atoms with Gasteiger partial charge in [-0.1, -0.05) is 13.8 Å². The number of carbonyl (C=O) groups is 1. The van der Waals surface area contributed by atoms with Gasteiger partial charge in [0.25, 0.3) is 5.91 Å². The third kappa shape index (κ3) is 4.27. The summed E-state index contributed by atoms with van der Waals surface area (Å²) in [6.45, 7) is 8.23. The van der Waals surface area contributed by atoms with Crippen LogP contribution < -0.4 is 5.32 Å². The molecule has 2 rings (SSSR count). The summed E-state index contributed by atoms with van der Waals surface area (Å²) in [6.07, 6.45) is 5.27. The predicted octanol–water partition coefficient (Wildman–Crippen LogP) is 1.82. The van der Waals surface area contributed by atoms with Gasteiger partial charge in [0.1, 0.15) is 11.5 Å². The molecule has 0 aliphatic carbocycles. The lowest BCUT2D eigenvalue weighted by atomic mass is 10.2. The van der Waals surface area contributed by atoms with Gasteiger partial charge in [-0.25, -0.2) is 9.97 Å². The standard InChI is InChI=1S/C15H24N4O/c1-12(2)14-16-8-6-13(18-14)15(20)17-7-5-11-19-9-3-4-10-19/h6,8,12H,3-5,7,9-11H2,1-2H3,(H,17,20). The van der Waals surface area contributed by atoms with Crippen molar-refractivity contribution in [3.63, 3.8) is 0 Å². The molecule has 1 aromatic heterocycles. The second-order valence-electron chi connectivity index (χ2n) is 5.61. The topological polar surface area (TPSA) is 58.1 Å². The maximum absolute atomic E-state index is 12.0. The Balaban J connectivity index is 1.75. The highest BCUT2D eigenvalue weighted by atomic mass is 16.1. The van der Waals surface area contributed by atoms with Gasteiger partial charge in [0.15, 0.2) is 0 Å². The van der Waals surface area contributed by atoms with Crippen LogP contribution in [0.15, 0.2) is 12.3 Å². The summed E-state index contributed by atoms with van der Waals surface area (Å²) in [5, 5.41) is 2.93. The molecule has 1 aromatic rings. The smallest absolute Gasteiger partial charge is 0.270 e. The van der Waals surface area contributed by atoms with Crippen LogP contribution in [0.3, 0.4) is 0 Å². The molecule has 1 amide bonds. The SMILES string of the molecule is CC(C)c1nccc(C(=O)NCCCN2CCCC2)n1. The van der Waals surface area contributed by atoms with Gasteiger partial charge in [0, 0.05) is 18.7 Å². The van der Waals surface area contributed by atoms with Gasteiger partial charge in [-0.3, -0.25) is 4.79 Å². The van der Waals surface area contributed by atoms with Crippen molar-refractivity contribution in [3.8, 4) is 0 Å². The molecule has 110 valence electrons. The minimum absolute atomic E-state index is 0.101. The molecule has 0 aromatic carbocycles. The van der Waals surface area contributed by atoms with Crippen molar-refractivity contribution in [3.05, 3.63) is 23.8 Å². The second-order valence-corrected chi connectivity index (χ2v) is 5.61. The molecular weight excluding hydrogens is 252 g/mol. The van der Waals surface area contributed by atoms with Crippen molar-refractivity contribution >= 4 is 5.91 Å². The van der Waals surface area contributed by atoms with Crippen molar-refractivity contribution in [1.82, 2.24) is 20.2 Å². The van der Waals surface area contributed by atoms with Crippen LogP contribution in [0.25, 0.3) is 0 Å². The zero-order valence-corrected chi connectivity index (χ0v) is 12.4. The summed E-state index contributed by atoms with van der Waals surface area (Å²) in [4.78, 5) is 22.9. The monoisotopic (exact) mass is 276 g/mol. The highest BCUT2D eigenvalue weighted by molar-refractivity contribution is 5.92. The fourth-order valence-corrected chi connectivity index (χ4v) is 2.38. The minimum atomic E-state index is -0.101. The third-order valence-corrected chi connectivity index (χ3v) is 3.56. The van der Waals surface area contributed by atoms with E-state index in [1.54, 1.807) is 12.3 Å². The van der Waals surface area contributed by atoms with Crippen molar-refractivity contribution in [2.24, 2.45) is 0 Å². The average Bonchev–Trinajstić information content (AvgIpc) is 2.96. The van der Waals surface area contributed by atoms with E-state index in [1.807, 2.05) is 13.8 Å². The van der Waals surface area contributed by atoms with E-state index in [9.17, 15) is 4.79 Å². The quantitative estimate of drug-likeness (QED) is 0.805. The van der Waals surface area contributed by atoms with Crippen LogP contribution >= 0.6 is 0 Å². The molecule has 0 radical (unpaired) electrons. The van der Waals surface area contributed by atoms with Crippen LogP contribution in [0.1, 0.15) is 55.3 Å². The first-order chi connectivity index (χ1) is 9.66. The summed E-state index contributed by atoms with van der Waals surface area (Å²) < 4.78 is 0. The summed E-state index contributed by atoms with van der Waals surface area (Å²) in [5.41, 5.74) is 0.463. The fraction of sp³-hybridized carbons (Fsp3) is 0.667. The molecule has 1 aliphatic heterocycles. The zero-order chi connectivity index (χ0) is 14.4. The van der Waals surface area contributed by atoms with E-state index in [1.165, 1.54) is 25.9 Å². The van der Waals surface area contributed by atoms with Crippen LogP contribution in [-0.2, 0) is 0 Å². The van der Waals surface area contributed by atoms with Crippen LogP contribution in [0.2, 0.25) is 0 Å². The Labute approximate surface area is 120 Å². The first kappa shape index (κ1) is 14.9. The number of nitrogens with one attached hydrogen (secondary N) is 1. The van der Waals surface area contributed by atoms with E-state index < -0.39 is 0 Å². The molecule has 1 fully saturated rings. The number of carbonyl (C=O) groups excluding carboxylic acids is 1. The molecule has 0 bridgehead atoms. The van der Waals surface area contributed by atoms with Crippen LogP contribution in [0.4, 0.5) is 0 Å². The van der Waals surface area contributed by atoms with Gasteiger partial charge in [-0.2, -0.15) is 0 Å². The van der Waals surface area contributed by atoms with Crippen LogP contribution in [0.5, 0.6) is 0 Å². The second kappa shape index (κ2) is 7.33. The lowest BCUT2D eigenvalue weighted by molar-refractivity contribution is 0.0946. The molecule has 0 spiro atoms. The van der Waals surface area contributed by atoms with Crippen molar-refractivity contribution < 1.29 is 4.79 Å². The van der Waals surface area contributed by atoms with E-state index in [0.29, 0.717) is 12.2 Å². The third-order valence-electron chi connectivity index (χ3n) is 3.56. The fourth-order valence-electron chi connectivity index (χ4n) is 2.38. The maximum Gasteiger partial charge on any atom is 0.270 e. The first-order valence-electron chi connectivity index (χ1n) is 7.50. The van der Waals surface area contributed by atoms with Crippen molar-refractivity contribution in [1.29, 1.82) is 0 Å². The molecule has 20 heavy (non-hydrogen) atoms. The Morgan fingerprint density at radius 1 is 1.40 bits per heavy atom. The lowest BCUT2D eigenvalue weighted by Gasteiger charge is -2.14. The normalized spacial score (nSPS) is 15.8. The first-order valence-corrected chi connectivity index (χ1v) is 7.50. The van der Waals surface area contributed by atoms with Gasteiger partial charge in [-0.15, -0.1) is 0 Å². The van der Waals surface area contributed by atoms with Gasteiger partial charge in [0.05, 0.1) is 0 Å². The summed E-state index contributed by atoms with van der Waals surface area (Å²) in [7, 11) is 0. The molecule has 5 nitrogen and oxygen atoms in total. The van der Waals surface area contributed by atoms with E-state index in [0.717, 1.165) is 18.8 Å². The number of amides is 1. The highest BCUT2D eigenvalue weighted by Gasteiger charge is 2.12. The van der Waals surface area contributed by atoms with Gasteiger partial charge < -0.3 is 10.2 Å². The molecular formula is C15H24N4O. The van der Waals surface area contributed by atoms with Crippen molar-refractivity contribution in [2.75, 3.05) is 26.2 Å². The molecule has 0 atom stereocenters. The van der Waals surface area contributed by atoms with E-state index >= 15 is 0 Å². The Hall–Kier alpha value is -1.49. The minimum Gasteiger partial charge on any atom is -0.351 e. The Morgan fingerprint density at radius 3 is 2.85 bits per heavy atom. The molecule has 0 unspecified atom stereocenters. The van der Waals surface area contributed by atoms with E-state index in [-0.39, 0.29) is 11.8 Å². The Morgan fingerprint density at radius 2 is 2.15 bits per heavy atom. The average molecular weight is 276 g/mol. The number of hydrogen-bond acceptors (Lipinski definition) is 4. The van der Waals surface area contributed by atoms with Gasteiger partial charge in [0.2, 0.25) is 0 Å². The number of likely N-dealkylation sites (tertiary alicyclic amines) is 1. The molecule has 2 heterocycles. The van der Waals surface area contributed by atoms with E-state index in [2.05, 4.69) is 20.2 Å². The number of rotatable bonds is 6. The number of hydrogen-bond donors (Lipinski definition) is 1. The maximum atomic E-state index is 12.0. The van der Waals surface area contributed by atoms with Crippen LogP contribution in [-0.4, -0.2) is 47.0 Å². The molecule has 1 N–H and O–H groups in total. The van der Waals surface area contributed by atoms with Gasteiger partial charge >= 0.3 is 0 Å². The molecule has 1 saturated heterocycles. The summed E-state index contributed by atoms with van der Waals surface area (Å²) >= 11 is 0. The zero-order valence-electron chi connectivity index (χ0n) is 12.4. The Bertz CT molecular complexity index is 441. The van der Waals surface area contributed by atoms with Crippen molar-refractivity contribution in [2.45, 2.75) is 39.0 Å². The van der Waals surface area contributed by atoms with E-state index in [4.69, 9.17) is 0 Å². The summed E-state index contributed by atoms with van der Waals surface area (Å²) in [5.74, 6) is 0.850.